The average Bonchev–Trinajstić information content (AvgIpc) is 2.57. The summed E-state index contributed by atoms with van der Waals surface area (Å²) in [6.07, 6.45) is 1.38. The molecule has 1 aromatic heterocycles. The van der Waals surface area contributed by atoms with Crippen molar-refractivity contribution in [2.24, 2.45) is 4.99 Å². The zero-order valence-corrected chi connectivity index (χ0v) is 12.0. The number of nitrogens with zero attached hydrogens (tertiary/aromatic N) is 1. The lowest BCUT2D eigenvalue weighted by Crippen LogP contribution is -1.81. The Balaban J connectivity index is 2.25. The molecule has 0 unspecified atom stereocenters. The molecule has 0 bridgehead atoms. The van der Waals surface area contributed by atoms with E-state index in [2.05, 4.69) is 20.9 Å². The molecule has 0 saturated heterocycles. The number of benzene rings is 1. The second-order valence-electron chi connectivity index (χ2n) is 3.12. The van der Waals surface area contributed by atoms with Crippen molar-refractivity contribution < 1.29 is 13.2 Å². The fourth-order valence-corrected chi connectivity index (χ4v) is 1.86. The molecule has 0 aliphatic heterocycles. The number of hydrogen-bond donors (Lipinski definition) is 0. The predicted octanol–water partition coefficient (Wildman–Crippen LogP) is 4.68. The molecule has 0 amide bonds. The fraction of sp³-hybridized carbons (Fsp3) is 0. The van der Waals surface area contributed by atoms with Crippen molar-refractivity contribution in [1.82, 2.24) is 0 Å². The van der Waals surface area contributed by atoms with Crippen LogP contribution in [0.15, 0.2) is 38.1 Å². The van der Waals surface area contributed by atoms with Gasteiger partial charge in [-0.05, 0) is 28.1 Å². The van der Waals surface area contributed by atoms with Crippen molar-refractivity contribution in [3.05, 3.63) is 49.9 Å². The lowest BCUT2D eigenvalue weighted by molar-refractivity contribution is 0.530. The maximum atomic E-state index is 13.2. The zero-order valence-electron chi connectivity index (χ0n) is 8.25. The van der Waals surface area contributed by atoms with Gasteiger partial charge in [-0.3, -0.25) is 0 Å². The Morgan fingerprint density at radius 1 is 1.29 bits per heavy atom. The van der Waals surface area contributed by atoms with Crippen molar-refractivity contribution in [3.8, 4) is 0 Å². The van der Waals surface area contributed by atoms with E-state index in [1.807, 2.05) is 22.6 Å². The van der Waals surface area contributed by atoms with Crippen LogP contribution in [0.2, 0.25) is 0 Å². The molecule has 2 rings (SSSR count). The molecule has 0 aliphatic carbocycles. The van der Waals surface area contributed by atoms with E-state index in [0.717, 1.165) is 16.6 Å². The number of hydrogen-bond acceptors (Lipinski definition) is 2. The van der Waals surface area contributed by atoms with Crippen LogP contribution in [0.3, 0.4) is 0 Å². The van der Waals surface area contributed by atoms with Crippen LogP contribution in [-0.2, 0) is 0 Å². The van der Waals surface area contributed by atoms with Gasteiger partial charge >= 0.3 is 0 Å². The SMILES string of the molecule is Fc1ccc(N=Cc2cc(Br)c(I)o2)c(F)c1. The van der Waals surface area contributed by atoms with E-state index in [4.69, 9.17) is 4.42 Å². The molecular formula is C11H5BrF2INO. The largest absolute Gasteiger partial charge is 0.448 e. The summed E-state index contributed by atoms with van der Waals surface area (Å²) in [5.74, 6) is -0.844. The lowest BCUT2D eigenvalue weighted by atomic mass is 10.3. The molecule has 1 aromatic carbocycles. The van der Waals surface area contributed by atoms with Crippen LogP contribution in [-0.4, -0.2) is 6.21 Å². The van der Waals surface area contributed by atoms with Gasteiger partial charge in [0.05, 0.1) is 16.4 Å². The van der Waals surface area contributed by atoms with Gasteiger partial charge in [-0.1, -0.05) is 0 Å². The van der Waals surface area contributed by atoms with Gasteiger partial charge < -0.3 is 4.42 Å². The Kier molecular flexibility index (Phi) is 3.93. The molecule has 0 saturated carbocycles. The van der Waals surface area contributed by atoms with Crippen LogP contribution in [0.5, 0.6) is 0 Å². The summed E-state index contributed by atoms with van der Waals surface area (Å²) in [4.78, 5) is 3.89. The lowest BCUT2D eigenvalue weighted by Gasteiger charge is -1.95. The summed E-state index contributed by atoms with van der Waals surface area (Å²) < 4.78 is 32.7. The van der Waals surface area contributed by atoms with Crippen LogP contribution in [0.4, 0.5) is 14.5 Å². The van der Waals surface area contributed by atoms with Gasteiger partial charge in [0.1, 0.15) is 11.6 Å². The topological polar surface area (TPSA) is 25.5 Å². The van der Waals surface area contributed by atoms with Gasteiger partial charge in [0, 0.05) is 34.7 Å². The van der Waals surface area contributed by atoms with E-state index >= 15 is 0 Å². The third-order valence-electron chi connectivity index (χ3n) is 1.90. The molecule has 1 heterocycles. The highest BCUT2D eigenvalue weighted by Gasteiger charge is 2.05. The van der Waals surface area contributed by atoms with Crippen LogP contribution in [0, 0.1) is 15.4 Å². The summed E-state index contributed by atoms with van der Waals surface area (Å²) in [7, 11) is 0. The summed E-state index contributed by atoms with van der Waals surface area (Å²) in [5, 5.41) is 0. The smallest absolute Gasteiger partial charge is 0.178 e. The summed E-state index contributed by atoms with van der Waals surface area (Å²) in [6.45, 7) is 0. The van der Waals surface area contributed by atoms with Gasteiger partial charge in [0.2, 0.25) is 0 Å². The molecule has 0 radical (unpaired) electrons. The first-order chi connectivity index (χ1) is 8.06. The normalized spacial score (nSPS) is 11.3. The number of furan rings is 1. The first kappa shape index (κ1) is 12.7. The third-order valence-corrected chi connectivity index (χ3v) is 4.04. The van der Waals surface area contributed by atoms with Crippen LogP contribution in [0.25, 0.3) is 0 Å². The average molecular weight is 412 g/mol. The summed E-state index contributed by atoms with van der Waals surface area (Å²) in [6, 6.07) is 4.92. The molecule has 0 atom stereocenters. The Hall–Kier alpha value is -0.760. The maximum absolute atomic E-state index is 13.2. The maximum Gasteiger partial charge on any atom is 0.178 e. The molecule has 2 aromatic rings. The van der Waals surface area contributed by atoms with Gasteiger partial charge in [-0.25, -0.2) is 13.8 Å². The summed E-state index contributed by atoms with van der Waals surface area (Å²) >= 11 is 5.29. The van der Waals surface area contributed by atoms with Gasteiger partial charge in [-0.15, -0.1) is 0 Å². The molecule has 0 aliphatic rings. The molecule has 6 heteroatoms. The quantitative estimate of drug-likeness (QED) is 0.520. The number of rotatable bonds is 2. The molecule has 0 spiro atoms. The Labute approximate surface area is 118 Å². The van der Waals surface area contributed by atoms with Gasteiger partial charge in [0.15, 0.2) is 9.58 Å². The van der Waals surface area contributed by atoms with E-state index in [1.165, 1.54) is 12.3 Å². The van der Waals surface area contributed by atoms with Crippen LogP contribution >= 0.6 is 38.5 Å². The van der Waals surface area contributed by atoms with Crippen molar-refractivity contribution in [1.29, 1.82) is 0 Å². The summed E-state index contributed by atoms with van der Waals surface area (Å²) in [5.41, 5.74) is 0.0638. The molecule has 17 heavy (non-hydrogen) atoms. The number of aliphatic imine (C=N–C) groups is 1. The van der Waals surface area contributed by atoms with E-state index in [0.29, 0.717) is 9.53 Å². The Morgan fingerprint density at radius 3 is 2.65 bits per heavy atom. The van der Waals surface area contributed by atoms with Crippen molar-refractivity contribution in [2.75, 3.05) is 0 Å². The van der Waals surface area contributed by atoms with E-state index in [-0.39, 0.29) is 5.69 Å². The second kappa shape index (κ2) is 5.26. The molecule has 2 nitrogen and oxygen atoms in total. The first-order valence-electron chi connectivity index (χ1n) is 4.50. The molecule has 88 valence electrons. The minimum atomic E-state index is -0.707. The van der Waals surface area contributed by atoms with Gasteiger partial charge in [0.25, 0.3) is 0 Å². The Morgan fingerprint density at radius 2 is 2.06 bits per heavy atom. The fourth-order valence-electron chi connectivity index (χ4n) is 1.15. The third kappa shape index (κ3) is 3.12. The predicted molar refractivity (Wildman–Crippen MR) is 72.7 cm³/mol. The molecule has 0 N–H and O–H groups in total. The monoisotopic (exact) mass is 411 g/mol. The molecular weight excluding hydrogens is 407 g/mol. The van der Waals surface area contributed by atoms with Crippen molar-refractivity contribution in [3.63, 3.8) is 0 Å². The van der Waals surface area contributed by atoms with E-state index in [1.54, 1.807) is 6.07 Å². The second-order valence-corrected chi connectivity index (χ2v) is 4.96. The van der Waals surface area contributed by atoms with Gasteiger partial charge in [-0.2, -0.15) is 0 Å². The highest BCUT2D eigenvalue weighted by Crippen LogP contribution is 2.23. The zero-order chi connectivity index (χ0) is 12.4. The van der Waals surface area contributed by atoms with E-state index < -0.39 is 11.6 Å². The first-order valence-corrected chi connectivity index (χ1v) is 6.37. The minimum absolute atomic E-state index is 0.0638. The standard InChI is InChI=1S/C11H5BrF2INO/c12-8-4-7(17-11(8)15)5-16-10-2-1-6(13)3-9(10)14/h1-5H. The van der Waals surface area contributed by atoms with Crippen LogP contribution in [0.1, 0.15) is 5.76 Å². The minimum Gasteiger partial charge on any atom is -0.448 e. The van der Waals surface area contributed by atoms with E-state index in [9.17, 15) is 8.78 Å². The highest BCUT2D eigenvalue weighted by atomic mass is 127. The van der Waals surface area contributed by atoms with Crippen LogP contribution < -0.4 is 0 Å². The molecule has 0 fully saturated rings. The highest BCUT2D eigenvalue weighted by molar-refractivity contribution is 14.1. The van der Waals surface area contributed by atoms with Crippen molar-refractivity contribution in [2.45, 2.75) is 0 Å². The Bertz CT molecular complexity index is 563. The number of halogens is 4. The van der Waals surface area contributed by atoms with Crippen molar-refractivity contribution >= 4 is 50.4 Å².